The van der Waals surface area contributed by atoms with Crippen LogP contribution in [0.2, 0.25) is 5.02 Å². The number of aliphatic imine (C=N–C) groups is 1. The van der Waals surface area contributed by atoms with Gasteiger partial charge in [-0.05, 0) is 19.1 Å². The van der Waals surface area contributed by atoms with Crippen LogP contribution in [-0.2, 0) is 6.42 Å². The number of rotatable bonds is 7. The maximum absolute atomic E-state index is 12.0. The molecule has 1 aromatic heterocycles. The topological polar surface area (TPSA) is 78.4 Å². The zero-order chi connectivity index (χ0) is 18.1. The first-order valence-corrected chi connectivity index (χ1v) is 9.18. The molecule has 0 spiro atoms. The van der Waals surface area contributed by atoms with Crippen molar-refractivity contribution in [2.45, 2.75) is 13.3 Å². The Balaban J connectivity index is 0.00000338. The first kappa shape index (κ1) is 22.7. The van der Waals surface area contributed by atoms with Gasteiger partial charge in [-0.3, -0.25) is 9.79 Å². The van der Waals surface area contributed by atoms with E-state index in [0.29, 0.717) is 29.6 Å². The molecule has 0 radical (unpaired) electrons. The largest absolute Gasteiger partial charge is 0.356 e. The Kier molecular flexibility index (Phi) is 10.5. The molecule has 6 nitrogen and oxygen atoms in total. The number of nitrogens with zero attached hydrogens (tertiary/aromatic N) is 2. The number of aryl methyl sites for hydroxylation is 1. The molecule has 9 heteroatoms. The maximum atomic E-state index is 12.0. The third-order valence-corrected chi connectivity index (χ3v) is 4.65. The van der Waals surface area contributed by atoms with Crippen molar-refractivity contribution in [1.82, 2.24) is 20.9 Å². The van der Waals surface area contributed by atoms with E-state index in [1.807, 2.05) is 13.1 Å². The van der Waals surface area contributed by atoms with Crippen LogP contribution in [0.25, 0.3) is 0 Å². The summed E-state index contributed by atoms with van der Waals surface area (Å²) in [6.45, 7) is 3.83. The standard InChI is InChI=1S/C17H22ClN5OS.HI/c1-12-11-23-15(25-12)7-8-21-17(19-2)22-10-9-20-16(24)13-5-3-4-6-14(13)18;/h3-6,11H,7-10H2,1-2H3,(H,20,24)(H2,19,21,22);1H. The molecule has 142 valence electrons. The molecule has 0 atom stereocenters. The highest BCUT2D eigenvalue weighted by Gasteiger charge is 2.08. The monoisotopic (exact) mass is 507 g/mol. The van der Waals surface area contributed by atoms with Crippen LogP contribution < -0.4 is 16.0 Å². The molecule has 0 unspecified atom stereocenters. The molecule has 3 N–H and O–H groups in total. The summed E-state index contributed by atoms with van der Waals surface area (Å²) in [6.07, 6.45) is 2.73. The van der Waals surface area contributed by atoms with E-state index in [4.69, 9.17) is 11.6 Å². The number of benzene rings is 1. The Labute approximate surface area is 179 Å². The average Bonchev–Trinajstić information content (AvgIpc) is 3.02. The number of nitrogens with one attached hydrogen (secondary N) is 3. The van der Waals surface area contributed by atoms with Crippen molar-refractivity contribution in [2.75, 3.05) is 26.7 Å². The second-order valence-corrected chi connectivity index (χ2v) is 7.00. The minimum Gasteiger partial charge on any atom is -0.356 e. The van der Waals surface area contributed by atoms with Crippen LogP contribution in [0.15, 0.2) is 35.5 Å². The van der Waals surface area contributed by atoms with Gasteiger partial charge in [-0.2, -0.15) is 0 Å². The maximum Gasteiger partial charge on any atom is 0.252 e. The summed E-state index contributed by atoms with van der Waals surface area (Å²) in [4.78, 5) is 21.7. The Morgan fingerprint density at radius 1 is 1.19 bits per heavy atom. The third-order valence-electron chi connectivity index (χ3n) is 3.35. The number of hydrogen-bond acceptors (Lipinski definition) is 4. The molecule has 0 saturated carbocycles. The van der Waals surface area contributed by atoms with E-state index in [1.54, 1.807) is 42.6 Å². The van der Waals surface area contributed by atoms with Crippen molar-refractivity contribution in [3.8, 4) is 0 Å². The summed E-state index contributed by atoms with van der Waals surface area (Å²) in [5.74, 6) is 0.509. The van der Waals surface area contributed by atoms with Gasteiger partial charge in [-0.15, -0.1) is 35.3 Å². The van der Waals surface area contributed by atoms with Crippen LogP contribution >= 0.6 is 46.9 Å². The van der Waals surface area contributed by atoms with Gasteiger partial charge in [0.1, 0.15) is 0 Å². The van der Waals surface area contributed by atoms with Crippen LogP contribution in [0.4, 0.5) is 0 Å². The Morgan fingerprint density at radius 2 is 1.88 bits per heavy atom. The number of carbonyl (C=O) groups is 1. The molecule has 0 saturated heterocycles. The molecule has 0 fully saturated rings. The highest BCUT2D eigenvalue weighted by Crippen LogP contribution is 2.14. The lowest BCUT2D eigenvalue weighted by Crippen LogP contribution is -2.42. The van der Waals surface area contributed by atoms with Gasteiger partial charge in [0, 0.05) is 44.2 Å². The van der Waals surface area contributed by atoms with E-state index in [-0.39, 0.29) is 29.9 Å². The van der Waals surface area contributed by atoms with Crippen LogP contribution in [0.3, 0.4) is 0 Å². The van der Waals surface area contributed by atoms with E-state index in [9.17, 15) is 4.79 Å². The minimum absolute atomic E-state index is 0. The first-order valence-electron chi connectivity index (χ1n) is 7.98. The van der Waals surface area contributed by atoms with Crippen LogP contribution in [0.5, 0.6) is 0 Å². The number of halogens is 2. The lowest BCUT2D eigenvalue weighted by molar-refractivity contribution is 0.0954. The highest BCUT2D eigenvalue weighted by molar-refractivity contribution is 14.0. The molecule has 0 aliphatic carbocycles. The molecule has 2 rings (SSSR count). The van der Waals surface area contributed by atoms with Gasteiger partial charge in [0.25, 0.3) is 5.91 Å². The zero-order valence-electron chi connectivity index (χ0n) is 14.7. The second kappa shape index (κ2) is 12.1. The molecular weight excluding hydrogens is 485 g/mol. The van der Waals surface area contributed by atoms with Crippen molar-refractivity contribution < 1.29 is 4.79 Å². The van der Waals surface area contributed by atoms with Crippen molar-refractivity contribution in [3.05, 3.63) is 50.9 Å². The van der Waals surface area contributed by atoms with E-state index >= 15 is 0 Å². The Morgan fingerprint density at radius 3 is 2.54 bits per heavy atom. The van der Waals surface area contributed by atoms with E-state index in [0.717, 1.165) is 18.0 Å². The van der Waals surface area contributed by atoms with Gasteiger partial charge < -0.3 is 16.0 Å². The van der Waals surface area contributed by atoms with E-state index in [2.05, 4.69) is 25.9 Å². The summed E-state index contributed by atoms with van der Waals surface area (Å²) in [5, 5.41) is 10.8. The van der Waals surface area contributed by atoms with E-state index < -0.39 is 0 Å². The van der Waals surface area contributed by atoms with Crippen LogP contribution in [0, 0.1) is 6.92 Å². The number of aromatic nitrogens is 1. The predicted octanol–water partition coefficient (Wildman–Crippen LogP) is 2.86. The highest BCUT2D eigenvalue weighted by atomic mass is 127. The molecule has 1 heterocycles. The van der Waals surface area contributed by atoms with Crippen molar-refractivity contribution >= 4 is 58.8 Å². The van der Waals surface area contributed by atoms with Gasteiger partial charge in [-0.25, -0.2) is 4.98 Å². The molecule has 1 aromatic carbocycles. The van der Waals surface area contributed by atoms with E-state index in [1.165, 1.54) is 4.88 Å². The number of amides is 1. The first-order chi connectivity index (χ1) is 12.1. The Bertz CT molecular complexity index is 737. The predicted molar refractivity (Wildman–Crippen MR) is 119 cm³/mol. The fourth-order valence-corrected chi connectivity index (χ4v) is 3.13. The average molecular weight is 508 g/mol. The summed E-state index contributed by atoms with van der Waals surface area (Å²) >= 11 is 7.71. The quantitative estimate of drug-likeness (QED) is 0.233. The number of hydrogen-bond donors (Lipinski definition) is 3. The smallest absolute Gasteiger partial charge is 0.252 e. The van der Waals surface area contributed by atoms with Crippen molar-refractivity contribution in [2.24, 2.45) is 4.99 Å². The van der Waals surface area contributed by atoms with Gasteiger partial charge in [0.2, 0.25) is 0 Å². The van der Waals surface area contributed by atoms with Gasteiger partial charge in [0.05, 0.1) is 15.6 Å². The SMILES string of the molecule is CN=C(NCCNC(=O)c1ccccc1Cl)NCCc1ncc(C)s1.I. The molecule has 0 aliphatic rings. The molecule has 2 aromatic rings. The Hall–Kier alpha value is -1.39. The van der Waals surface area contributed by atoms with Gasteiger partial charge in [-0.1, -0.05) is 23.7 Å². The van der Waals surface area contributed by atoms with Crippen molar-refractivity contribution in [3.63, 3.8) is 0 Å². The van der Waals surface area contributed by atoms with Crippen LogP contribution in [-0.4, -0.2) is 43.5 Å². The van der Waals surface area contributed by atoms with Crippen molar-refractivity contribution in [1.29, 1.82) is 0 Å². The normalized spacial score (nSPS) is 10.8. The van der Waals surface area contributed by atoms with Gasteiger partial charge in [0.15, 0.2) is 5.96 Å². The summed E-state index contributed by atoms with van der Waals surface area (Å²) in [7, 11) is 1.71. The molecular formula is C17H23ClIN5OS. The number of carbonyl (C=O) groups excluding carboxylic acids is 1. The molecule has 1 amide bonds. The minimum atomic E-state index is -0.186. The lowest BCUT2D eigenvalue weighted by atomic mass is 10.2. The fourth-order valence-electron chi connectivity index (χ4n) is 2.12. The molecule has 0 bridgehead atoms. The molecule has 0 aliphatic heterocycles. The molecule has 26 heavy (non-hydrogen) atoms. The number of guanidine groups is 1. The van der Waals surface area contributed by atoms with Crippen LogP contribution in [0.1, 0.15) is 20.2 Å². The third kappa shape index (κ3) is 7.46. The fraction of sp³-hybridized carbons (Fsp3) is 0.353. The lowest BCUT2D eigenvalue weighted by Gasteiger charge is -2.12. The second-order valence-electron chi connectivity index (χ2n) is 5.28. The van der Waals surface area contributed by atoms with Gasteiger partial charge >= 0.3 is 0 Å². The summed E-state index contributed by atoms with van der Waals surface area (Å²) < 4.78 is 0. The summed E-state index contributed by atoms with van der Waals surface area (Å²) in [5.41, 5.74) is 0.477. The zero-order valence-corrected chi connectivity index (χ0v) is 18.6. The summed E-state index contributed by atoms with van der Waals surface area (Å²) in [6, 6.07) is 6.98. The number of thiazole rings is 1.